The predicted molar refractivity (Wildman–Crippen MR) is 32.9 cm³/mol. The predicted octanol–water partition coefficient (Wildman–Crippen LogP) is -1.23. The summed E-state index contributed by atoms with van der Waals surface area (Å²) in [6, 6.07) is 0. The van der Waals surface area contributed by atoms with Gasteiger partial charge in [0, 0.05) is 6.42 Å². The SMILES string of the molecule is CCCCCC(=O)O.[Cs+].[H-]. The van der Waals surface area contributed by atoms with Crippen LogP contribution in [-0.4, -0.2) is 11.1 Å². The largest absolute Gasteiger partial charge is 1.00 e. The monoisotopic (exact) mass is 250 g/mol. The van der Waals surface area contributed by atoms with E-state index >= 15 is 0 Å². The van der Waals surface area contributed by atoms with E-state index in [1.54, 1.807) is 0 Å². The molecule has 0 rings (SSSR count). The zero-order chi connectivity index (χ0) is 6.41. The Kier molecular flexibility index (Phi) is 13.9. The summed E-state index contributed by atoms with van der Waals surface area (Å²) in [5.41, 5.74) is 0. The number of hydrogen-bond acceptors (Lipinski definition) is 1. The Labute approximate surface area is 116 Å². The van der Waals surface area contributed by atoms with Crippen molar-refractivity contribution < 1.29 is 80.2 Å². The molecule has 0 saturated heterocycles. The van der Waals surface area contributed by atoms with Gasteiger partial charge < -0.3 is 6.53 Å². The van der Waals surface area contributed by atoms with Gasteiger partial charge in [0.2, 0.25) is 0 Å². The minimum absolute atomic E-state index is 0. The van der Waals surface area contributed by atoms with Crippen molar-refractivity contribution in [2.24, 2.45) is 0 Å². The molecule has 0 atom stereocenters. The first kappa shape index (κ1) is 13.1. The van der Waals surface area contributed by atoms with Gasteiger partial charge in [0.25, 0.3) is 0 Å². The summed E-state index contributed by atoms with van der Waals surface area (Å²) in [5.74, 6) is -0.682. The number of aliphatic carboxylic acids is 1. The molecule has 0 aromatic carbocycles. The molecule has 0 aliphatic carbocycles. The Bertz CT molecular complexity index is 78.1. The standard InChI is InChI=1S/C6H12O2.Cs.H/c1-2-3-4-5-6(7)8;;/h2-5H2,1H3,(H,7,8);;/q;+1;-1. The maximum atomic E-state index is 9.87. The average Bonchev–Trinajstić information content (AvgIpc) is 1.66. The summed E-state index contributed by atoms with van der Waals surface area (Å²) in [4.78, 5) is 9.87. The van der Waals surface area contributed by atoms with Crippen LogP contribution in [0.25, 0.3) is 0 Å². The van der Waals surface area contributed by atoms with Gasteiger partial charge in [-0.05, 0) is 6.42 Å². The first-order valence-electron chi connectivity index (χ1n) is 2.99. The molecule has 9 heavy (non-hydrogen) atoms. The number of carboxylic acid groups (broad SMARTS) is 1. The molecule has 0 aliphatic heterocycles. The first-order valence-corrected chi connectivity index (χ1v) is 2.99. The van der Waals surface area contributed by atoms with Gasteiger partial charge in [-0.15, -0.1) is 0 Å². The van der Waals surface area contributed by atoms with Gasteiger partial charge in [0.1, 0.15) is 0 Å². The summed E-state index contributed by atoms with van der Waals surface area (Å²) in [5, 5.41) is 8.14. The number of carbonyl (C=O) groups is 1. The van der Waals surface area contributed by atoms with Gasteiger partial charge in [0.05, 0.1) is 0 Å². The van der Waals surface area contributed by atoms with Crippen LogP contribution in [0.15, 0.2) is 0 Å². The van der Waals surface area contributed by atoms with Crippen LogP contribution in [0, 0.1) is 0 Å². The molecule has 0 radical (unpaired) electrons. The normalized spacial score (nSPS) is 8.11. The summed E-state index contributed by atoms with van der Waals surface area (Å²) in [7, 11) is 0. The zero-order valence-electron chi connectivity index (χ0n) is 7.18. The van der Waals surface area contributed by atoms with Gasteiger partial charge in [-0.2, -0.15) is 0 Å². The second kappa shape index (κ2) is 9.52. The van der Waals surface area contributed by atoms with Crippen molar-refractivity contribution in [1.82, 2.24) is 0 Å². The molecular weight excluding hydrogens is 237 g/mol. The zero-order valence-corrected chi connectivity index (χ0v) is 12.5. The fourth-order valence-corrected chi connectivity index (χ4v) is 0.526. The smallest absolute Gasteiger partial charge is 1.00 e. The molecule has 0 spiro atoms. The molecule has 2 nitrogen and oxygen atoms in total. The van der Waals surface area contributed by atoms with E-state index in [4.69, 9.17) is 5.11 Å². The third kappa shape index (κ3) is 12.7. The first-order chi connectivity index (χ1) is 3.77. The topological polar surface area (TPSA) is 37.3 Å². The van der Waals surface area contributed by atoms with Crippen LogP contribution in [0.5, 0.6) is 0 Å². The number of rotatable bonds is 4. The van der Waals surface area contributed by atoms with E-state index < -0.39 is 5.97 Å². The molecule has 0 amide bonds. The van der Waals surface area contributed by atoms with Crippen LogP contribution in [0.3, 0.4) is 0 Å². The molecule has 0 bridgehead atoms. The van der Waals surface area contributed by atoms with Crippen LogP contribution in [0.1, 0.15) is 34.0 Å². The van der Waals surface area contributed by atoms with Crippen LogP contribution in [0.4, 0.5) is 0 Å². The van der Waals surface area contributed by atoms with E-state index in [1.807, 2.05) is 0 Å². The Morgan fingerprint density at radius 2 is 2.11 bits per heavy atom. The molecule has 0 aliphatic rings. The number of carboxylic acids is 1. The summed E-state index contributed by atoms with van der Waals surface area (Å²) in [6.07, 6.45) is 3.28. The van der Waals surface area contributed by atoms with E-state index in [-0.39, 0.29) is 70.3 Å². The van der Waals surface area contributed by atoms with Gasteiger partial charge in [-0.3, -0.25) is 4.79 Å². The van der Waals surface area contributed by atoms with Crippen LogP contribution in [0.2, 0.25) is 0 Å². The van der Waals surface area contributed by atoms with Gasteiger partial charge in [-0.25, -0.2) is 0 Å². The van der Waals surface area contributed by atoms with Crippen molar-refractivity contribution >= 4 is 5.97 Å². The molecule has 0 aromatic rings. The molecule has 1 N–H and O–H groups in total. The quantitative estimate of drug-likeness (QED) is 0.634. The second-order valence-corrected chi connectivity index (χ2v) is 1.85. The number of hydrogen-bond donors (Lipinski definition) is 1. The molecule has 0 heterocycles. The van der Waals surface area contributed by atoms with Crippen molar-refractivity contribution in [3.05, 3.63) is 0 Å². The Morgan fingerprint density at radius 3 is 2.44 bits per heavy atom. The molecular formula is C6H13CsO2. The summed E-state index contributed by atoms with van der Waals surface area (Å²) in [6.45, 7) is 2.06. The van der Waals surface area contributed by atoms with Crippen molar-refractivity contribution in [3.8, 4) is 0 Å². The maximum Gasteiger partial charge on any atom is 1.00 e. The molecule has 3 heteroatoms. The van der Waals surface area contributed by atoms with Gasteiger partial charge in [0.15, 0.2) is 0 Å². The van der Waals surface area contributed by atoms with Crippen molar-refractivity contribution in [3.63, 3.8) is 0 Å². The van der Waals surface area contributed by atoms with E-state index in [1.165, 1.54) is 0 Å². The molecule has 0 aromatic heterocycles. The second-order valence-electron chi connectivity index (χ2n) is 1.85. The fourth-order valence-electron chi connectivity index (χ4n) is 0.526. The fraction of sp³-hybridized carbons (Fsp3) is 0.833. The molecule has 0 fully saturated rings. The molecule has 0 saturated carbocycles. The van der Waals surface area contributed by atoms with Crippen molar-refractivity contribution in [2.45, 2.75) is 32.6 Å². The van der Waals surface area contributed by atoms with E-state index in [9.17, 15) is 4.79 Å². The summed E-state index contributed by atoms with van der Waals surface area (Å²) < 4.78 is 0. The van der Waals surface area contributed by atoms with E-state index in [0.717, 1.165) is 19.3 Å². The van der Waals surface area contributed by atoms with Crippen LogP contribution in [-0.2, 0) is 4.79 Å². The summed E-state index contributed by atoms with van der Waals surface area (Å²) >= 11 is 0. The van der Waals surface area contributed by atoms with Crippen LogP contribution < -0.4 is 68.9 Å². The third-order valence-corrected chi connectivity index (χ3v) is 0.994. The van der Waals surface area contributed by atoms with E-state index in [0.29, 0.717) is 6.42 Å². The number of unbranched alkanes of at least 4 members (excludes halogenated alkanes) is 2. The van der Waals surface area contributed by atoms with Crippen molar-refractivity contribution in [2.75, 3.05) is 0 Å². The molecule has 0 unspecified atom stereocenters. The Hall–Kier alpha value is 1.52. The van der Waals surface area contributed by atoms with Crippen molar-refractivity contribution in [1.29, 1.82) is 0 Å². The average molecular weight is 250 g/mol. The van der Waals surface area contributed by atoms with E-state index in [2.05, 4.69) is 6.92 Å². The van der Waals surface area contributed by atoms with Gasteiger partial charge in [-0.1, -0.05) is 19.8 Å². The Balaban J connectivity index is -0.000000245. The van der Waals surface area contributed by atoms with Crippen LogP contribution >= 0.6 is 0 Å². The Morgan fingerprint density at radius 1 is 1.56 bits per heavy atom. The minimum Gasteiger partial charge on any atom is -1.00 e. The van der Waals surface area contributed by atoms with Gasteiger partial charge >= 0.3 is 74.9 Å². The molecule has 50 valence electrons. The minimum atomic E-state index is -0.682. The third-order valence-electron chi connectivity index (χ3n) is 0.994. The maximum absolute atomic E-state index is 9.87.